The van der Waals surface area contributed by atoms with Gasteiger partial charge in [-0.2, -0.15) is 23.5 Å². The van der Waals surface area contributed by atoms with Crippen molar-refractivity contribution < 1.29 is 26.4 Å². The number of pyridine rings is 1. The van der Waals surface area contributed by atoms with Gasteiger partial charge >= 0.3 is 6.18 Å². The number of alkyl halides is 3. The number of hydrogen-bond acceptors (Lipinski definition) is 6. The Morgan fingerprint density at radius 3 is 2.39 bits per heavy atom. The summed E-state index contributed by atoms with van der Waals surface area (Å²) in [7, 11) is -1.45. The molecule has 9 nitrogen and oxygen atoms in total. The summed E-state index contributed by atoms with van der Waals surface area (Å²) in [5.41, 5.74) is -0.789. The summed E-state index contributed by atoms with van der Waals surface area (Å²) >= 11 is 0. The molecule has 0 aliphatic carbocycles. The summed E-state index contributed by atoms with van der Waals surface area (Å²) in [6.45, 7) is 1.34. The number of nitrogens with zero attached hydrogens (tertiary/aromatic N) is 5. The van der Waals surface area contributed by atoms with Crippen LogP contribution in [0.5, 0.6) is 0 Å². The number of carbonyl (C=O) groups excluding carboxylic acids is 1. The number of rotatable bonds is 6. The highest BCUT2D eigenvalue weighted by atomic mass is 32.2. The molecule has 38 heavy (non-hydrogen) atoms. The number of benzene rings is 2. The van der Waals surface area contributed by atoms with E-state index in [2.05, 4.69) is 15.4 Å². The zero-order valence-corrected chi connectivity index (χ0v) is 21.2. The van der Waals surface area contributed by atoms with Gasteiger partial charge < -0.3 is 5.32 Å². The third-order valence-corrected chi connectivity index (χ3v) is 7.51. The fourth-order valence-corrected chi connectivity index (χ4v) is 4.60. The molecule has 0 fully saturated rings. The summed E-state index contributed by atoms with van der Waals surface area (Å²) < 4.78 is 69.3. The molecular formula is C25H21F3N6O3S. The van der Waals surface area contributed by atoms with Crippen LogP contribution in [0.1, 0.15) is 32.9 Å². The van der Waals surface area contributed by atoms with Gasteiger partial charge in [0.15, 0.2) is 10.7 Å². The Kier molecular flexibility index (Phi) is 6.96. The van der Waals surface area contributed by atoms with Gasteiger partial charge in [0.05, 0.1) is 40.6 Å². The molecule has 1 amide bonds. The van der Waals surface area contributed by atoms with Crippen LogP contribution in [-0.4, -0.2) is 47.5 Å². The average molecular weight is 543 g/mol. The summed E-state index contributed by atoms with van der Waals surface area (Å²) in [5, 5.41) is 14.8. The van der Waals surface area contributed by atoms with Gasteiger partial charge in [-0.05, 0) is 36.8 Å². The number of hydrogen-bond donors (Lipinski definition) is 1. The number of carbonyl (C=O) groups is 1. The predicted octanol–water partition coefficient (Wildman–Crippen LogP) is 4.18. The van der Waals surface area contributed by atoms with Crippen LogP contribution >= 0.6 is 0 Å². The van der Waals surface area contributed by atoms with E-state index < -0.39 is 38.5 Å². The van der Waals surface area contributed by atoms with Crippen molar-refractivity contribution in [3.8, 4) is 6.07 Å². The van der Waals surface area contributed by atoms with Gasteiger partial charge in [0.25, 0.3) is 15.9 Å². The van der Waals surface area contributed by atoms with Gasteiger partial charge in [0.2, 0.25) is 0 Å². The molecule has 4 rings (SSSR count). The number of amides is 1. The minimum Gasteiger partial charge on any atom is -0.319 e. The first-order valence-corrected chi connectivity index (χ1v) is 12.5. The van der Waals surface area contributed by atoms with Crippen LogP contribution in [0.25, 0.3) is 10.9 Å². The highest BCUT2D eigenvalue weighted by molar-refractivity contribution is 7.89. The fraction of sp³-hybridized carbons (Fsp3) is 0.200. The maximum atomic E-state index is 13.9. The molecule has 2 aromatic heterocycles. The Labute approximate surface area is 216 Å². The van der Waals surface area contributed by atoms with Crippen molar-refractivity contribution in [1.29, 1.82) is 5.26 Å². The van der Waals surface area contributed by atoms with Gasteiger partial charge in [-0.25, -0.2) is 17.7 Å². The van der Waals surface area contributed by atoms with E-state index in [1.165, 1.54) is 45.3 Å². The minimum atomic E-state index is -4.89. The van der Waals surface area contributed by atoms with Crippen LogP contribution in [0.2, 0.25) is 0 Å². The first-order valence-electron chi connectivity index (χ1n) is 11.1. The van der Waals surface area contributed by atoms with Crippen LogP contribution < -0.4 is 5.32 Å². The first kappa shape index (κ1) is 26.8. The van der Waals surface area contributed by atoms with Crippen LogP contribution in [0.3, 0.4) is 0 Å². The molecule has 0 radical (unpaired) electrons. The third kappa shape index (κ3) is 5.09. The summed E-state index contributed by atoms with van der Waals surface area (Å²) in [6.07, 6.45) is -4.89. The van der Waals surface area contributed by atoms with E-state index in [4.69, 9.17) is 5.26 Å². The quantitative estimate of drug-likeness (QED) is 0.390. The van der Waals surface area contributed by atoms with E-state index in [1.54, 1.807) is 24.3 Å². The van der Waals surface area contributed by atoms with E-state index in [0.717, 1.165) is 15.1 Å². The fourth-order valence-electron chi connectivity index (χ4n) is 3.74. The number of anilines is 1. The highest BCUT2D eigenvalue weighted by Crippen LogP contribution is 2.36. The number of sulfonamides is 1. The van der Waals surface area contributed by atoms with E-state index in [0.29, 0.717) is 11.1 Å². The molecule has 0 saturated heterocycles. The van der Waals surface area contributed by atoms with Gasteiger partial charge in [-0.15, -0.1) is 0 Å². The standard InChI is InChI=1S/C25H21F3N6O3S/c1-15-22(23(25(26,27)28)32-34(15)14-17-10-8-16(13-29)9-11-17)31-24(35)19-12-21(38(36,37)33(2)3)30-20-7-5-4-6-18(19)20/h4-12H,14H2,1-3H3,(H,31,35). The SMILES string of the molecule is Cc1c(NC(=O)c2cc(S(=O)(=O)N(C)C)nc3ccccc23)c(C(F)(F)F)nn1Cc1ccc(C#N)cc1. The second kappa shape index (κ2) is 9.88. The van der Waals surface area contributed by atoms with Gasteiger partial charge in [0.1, 0.15) is 0 Å². The molecule has 0 aliphatic rings. The molecule has 0 spiro atoms. The Bertz CT molecular complexity index is 1690. The average Bonchev–Trinajstić information content (AvgIpc) is 3.18. The summed E-state index contributed by atoms with van der Waals surface area (Å²) in [5.74, 6) is -0.953. The molecule has 0 saturated carbocycles. The van der Waals surface area contributed by atoms with E-state index >= 15 is 0 Å². The number of aromatic nitrogens is 3. The van der Waals surface area contributed by atoms with Crippen molar-refractivity contribution in [2.75, 3.05) is 19.4 Å². The van der Waals surface area contributed by atoms with Crippen molar-refractivity contribution >= 4 is 32.5 Å². The van der Waals surface area contributed by atoms with E-state index in [1.807, 2.05) is 6.07 Å². The maximum absolute atomic E-state index is 13.9. The molecule has 0 bridgehead atoms. The Balaban J connectivity index is 1.79. The van der Waals surface area contributed by atoms with Gasteiger partial charge in [-0.3, -0.25) is 9.48 Å². The number of fused-ring (bicyclic) bond motifs is 1. The lowest BCUT2D eigenvalue weighted by molar-refractivity contribution is -0.140. The number of nitriles is 1. The van der Waals surface area contributed by atoms with Crippen molar-refractivity contribution in [2.24, 2.45) is 0 Å². The third-order valence-electron chi connectivity index (χ3n) is 5.81. The molecular weight excluding hydrogens is 521 g/mol. The molecule has 4 aromatic rings. The van der Waals surface area contributed by atoms with Crippen molar-refractivity contribution in [3.05, 3.63) is 82.7 Å². The largest absolute Gasteiger partial charge is 0.437 e. The number of nitrogens with one attached hydrogen (secondary N) is 1. The number of halogens is 3. The van der Waals surface area contributed by atoms with Crippen molar-refractivity contribution in [1.82, 2.24) is 19.1 Å². The van der Waals surface area contributed by atoms with Crippen LogP contribution in [0.15, 0.2) is 59.6 Å². The second-order valence-corrected chi connectivity index (χ2v) is 10.6. The van der Waals surface area contributed by atoms with E-state index in [9.17, 15) is 26.4 Å². The Morgan fingerprint density at radius 2 is 1.79 bits per heavy atom. The lowest BCUT2D eigenvalue weighted by Crippen LogP contribution is -2.24. The van der Waals surface area contributed by atoms with Gasteiger partial charge in [-0.1, -0.05) is 30.3 Å². The first-order chi connectivity index (χ1) is 17.8. The second-order valence-electron chi connectivity index (χ2n) is 8.54. The molecule has 1 N–H and O–H groups in total. The molecule has 2 aromatic carbocycles. The summed E-state index contributed by atoms with van der Waals surface area (Å²) in [6, 6.07) is 15.5. The molecule has 13 heteroatoms. The number of para-hydroxylation sites is 1. The lowest BCUT2D eigenvalue weighted by atomic mass is 10.1. The normalized spacial score (nSPS) is 12.1. The molecule has 0 aliphatic heterocycles. The molecule has 196 valence electrons. The van der Waals surface area contributed by atoms with Crippen molar-refractivity contribution in [2.45, 2.75) is 24.7 Å². The smallest absolute Gasteiger partial charge is 0.319 e. The Hall–Kier alpha value is -4.28. The summed E-state index contributed by atoms with van der Waals surface area (Å²) in [4.78, 5) is 17.5. The highest BCUT2D eigenvalue weighted by Gasteiger charge is 2.39. The zero-order chi connectivity index (χ0) is 27.8. The molecule has 2 heterocycles. The minimum absolute atomic E-state index is 0.0366. The molecule has 0 atom stereocenters. The predicted molar refractivity (Wildman–Crippen MR) is 133 cm³/mol. The molecule has 0 unspecified atom stereocenters. The van der Waals surface area contributed by atoms with Crippen LogP contribution in [-0.2, 0) is 22.7 Å². The Morgan fingerprint density at radius 1 is 1.13 bits per heavy atom. The monoisotopic (exact) mass is 542 g/mol. The topological polar surface area (TPSA) is 121 Å². The van der Waals surface area contributed by atoms with Crippen LogP contribution in [0.4, 0.5) is 18.9 Å². The lowest BCUT2D eigenvalue weighted by Gasteiger charge is -2.14. The van der Waals surface area contributed by atoms with E-state index in [-0.39, 0.29) is 28.7 Å². The zero-order valence-electron chi connectivity index (χ0n) is 20.4. The maximum Gasteiger partial charge on any atom is 0.437 e. The van der Waals surface area contributed by atoms with Crippen LogP contribution in [0, 0.1) is 18.3 Å². The van der Waals surface area contributed by atoms with Gasteiger partial charge in [0, 0.05) is 19.5 Å². The van der Waals surface area contributed by atoms with Crippen molar-refractivity contribution in [3.63, 3.8) is 0 Å².